The van der Waals surface area contributed by atoms with Gasteiger partial charge in [-0.1, -0.05) is 18.2 Å². The van der Waals surface area contributed by atoms with Crippen molar-refractivity contribution in [1.82, 2.24) is 25.2 Å². The highest BCUT2D eigenvalue weighted by atomic mass is 16.2. The van der Waals surface area contributed by atoms with Crippen molar-refractivity contribution in [3.63, 3.8) is 0 Å². The van der Waals surface area contributed by atoms with Crippen LogP contribution in [-0.4, -0.2) is 50.9 Å². The number of carbonyl (C=O) groups excluding carboxylic acids is 2. The number of carbonyl (C=O) groups is 2. The highest BCUT2D eigenvalue weighted by Gasteiger charge is 2.28. The third kappa shape index (κ3) is 5.70. The minimum atomic E-state index is -0.289. The lowest BCUT2D eigenvalue weighted by Crippen LogP contribution is -2.40. The number of anilines is 5. The molecule has 2 aromatic heterocycles. The van der Waals surface area contributed by atoms with E-state index in [1.807, 2.05) is 67.7 Å². The van der Waals surface area contributed by atoms with Gasteiger partial charge >= 0.3 is 6.03 Å². The number of aromatic nitrogens is 3. The number of benzene rings is 2. The minimum Gasteiger partial charge on any atom is -0.340 e. The standard InChI is InChI=1S/C30H30N8O2/c1-19-15-32-29-34-25-13-20(16-31-17-25)7-8-22-14-23(33-27(19)37-29)9-10-26(22)36-30(40)35-24-11-12-38(18-24)28(39)21-5-3-2-4-6-21/h2-6,9-10,13-17,24H,7-8,11-12,18H2,1H3,(H2,35,36,40)(H2,32,33,34,37)/t24-/m0/s1. The van der Waals surface area contributed by atoms with Gasteiger partial charge in [0.1, 0.15) is 5.82 Å². The van der Waals surface area contributed by atoms with Crippen molar-refractivity contribution in [3.8, 4) is 0 Å². The van der Waals surface area contributed by atoms with E-state index in [1.54, 1.807) is 17.3 Å². The summed E-state index contributed by atoms with van der Waals surface area (Å²) in [5, 5.41) is 12.7. The van der Waals surface area contributed by atoms with E-state index < -0.39 is 0 Å². The van der Waals surface area contributed by atoms with Crippen LogP contribution in [0.15, 0.2) is 73.2 Å². The number of fused-ring (bicyclic) bond motifs is 6. The lowest BCUT2D eigenvalue weighted by molar-refractivity contribution is 0.0789. The highest BCUT2D eigenvalue weighted by Crippen LogP contribution is 2.27. The summed E-state index contributed by atoms with van der Waals surface area (Å²) in [6.07, 6.45) is 7.50. The number of hydrogen-bond donors (Lipinski definition) is 4. The normalized spacial score (nSPS) is 15.9. The molecule has 1 saturated heterocycles. The van der Waals surface area contributed by atoms with E-state index in [0.717, 1.165) is 40.2 Å². The Labute approximate surface area is 232 Å². The molecule has 2 aliphatic heterocycles. The molecule has 4 heterocycles. The van der Waals surface area contributed by atoms with E-state index in [9.17, 15) is 9.59 Å². The van der Waals surface area contributed by atoms with Crippen LogP contribution in [0.3, 0.4) is 0 Å². The van der Waals surface area contributed by atoms with E-state index in [2.05, 4.69) is 36.2 Å². The van der Waals surface area contributed by atoms with Gasteiger partial charge in [-0.05, 0) is 73.7 Å². The smallest absolute Gasteiger partial charge is 0.319 e. The van der Waals surface area contributed by atoms with Gasteiger partial charge in [0.05, 0.1) is 11.9 Å². The fourth-order valence-electron chi connectivity index (χ4n) is 5.04. The van der Waals surface area contributed by atoms with Crippen molar-refractivity contribution < 1.29 is 9.59 Å². The second kappa shape index (κ2) is 11.0. The summed E-state index contributed by atoms with van der Waals surface area (Å²) in [6.45, 7) is 3.04. The first-order chi connectivity index (χ1) is 19.5. The summed E-state index contributed by atoms with van der Waals surface area (Å²) in [4.78, 5) is 41.0. The Morgan fingerprint density at radius 2 is 1.85 bits per heavy atom. The van der Waals surface area contributed by atoms with E-state index in [-0.39, 0.29) is 18.0 Å². The molecule has 0 spiro atoms. The molecule has 3 amide bonds. The maximum absolute atomic E-state index is 13.0. The molecule has 1 fully saturated rings. The fourth-order valence-corrected chi connectivity index (χ4v) is 5.04. The van der Waals surface area contributed by atoms with E-state index in [0.29, 0.717) is 43.3 Å². The molecule has 0 unspecified atom stereocenters. The average Bonchev–Trinajstić information content (AvgIpc) is 3.43. The van der Waals surface area contributed by atoms with Crippen LogP contribution >= 0.6 is 0 Å². The molecular formula is C30H30N8O2. The number of pyridine rings is 1. The van der Waals surface area contributed by atoms with Crippen LogP contribution in [0.1, 0.15) is 33.5 Å². The number of nitrogens with zero attached hydrogens (tertiary/aromatic N) is 4. The van der Waals surface area contributed by atoms with Crippen molar-refractivity contribution in [2.24, 2.45) is 0 Å². The molecule has 2 aromatic carbocycles. The number of aryl methyl sites for hydroxylation is 3. The average molecular weight is 535 g/mol. The van der Waals surface area contributed by atoms with Crippen LogP contribution < -0.4 is 21.3 Å². The molecule has 6 bridgehead atoms. The largest absolute Gasteiger partial charge is 0.340 e. The van der Waals surface area contributed by atoms with Crippen LogP contribution in [-0.2, 0) is 12.8 Å². The Kier molecular flexibility index (Phi) is 6.96. The van der Waals surface area contributed by atoms with Gasteiger partial charge in [-0.2, -0.15) is 4.98 Å². The fraction of sp³-hybridized carbons (Fsp3) is 0.233. The Bertz CT molecular complexity index is 1560. The maximum atomic E-state index is 13.0. The summed E-state index contributed by atoms with van der Waals surface area (Å²) in [6, 6.07) is 16.7. The van der Waals surface area contributed by atoms with Crippen molar-refractivity contribution in [3.05, 3.63) is 95.4 Å². The number of nitrogens with one attached hydrogen (secondary N) is 4. The molecule has 6 rings (SSSR count). The van der Waals surface area contributed by atoms with Crippen LogP contribution in [0.4, 0.5) is 33.6 Å². The zero-order valence-corrected chi connectivity index (χ0v) is 22.1. The molecule has 40 heavy (non-hydrogen) atoms. The third-order valence-electron chi connectivity index (χ3n) is 7.15. The zero-order valence-electron chi connectivity index (χ0n) is 22.1. The Balaban J connectivity index is 1.18. The molecule has 0 radical (unpaired) electrons. The first-order valence-electron chi connectivity index (χ1n) is 13.4. The maximum Gasteiger partial charge on any atom is 0.319 e. The monoisotopic (exact) mass is 534 g/mol. The van der Waals surface area contributed by atoms with E-state index in [4.69, 9.17) is 0 Å². The Morgan fingerprint density at radius 1 is 0.975 bits per heavy atom. The second-order valence-electron chi connectivity index (χ2n) is 10.1. The SMILES string of the molecule is Cc1cnc2nc1Nc1ccc(NC(=O)N[C@H]3CCN(C(=O)c4ccccc4)C3)c(c1)CCc1cncc(c1)N2. The topological polar surface area (TPSA) is 124 Å². The van der Waals surface area contributed by atoms with Crippen LogP contribution in [0.2, 0.25) is 0 Å². The quantitative estimate of drug-likeness (QED) is 0.298. The van der Waals surface area contributed by atoms with E-state index in [1.165, 1.54) is 0 Å². The lowest BCUT2D eigenvalue weighted by atomic mass is 10.0. The molecule has 202 valence electrons. The molecule has 10 heteroatoms. The van der Waals surface area contributed by atoms with Gasteiger partial charge in [-0.15, -0.1) is 0 Å². The van der Waals surface area contributed by atoms with Gasteiger partial charge in [0.2, 0.25) is 5.95 Å². The van der Waals surface area contributed by atoms with Crippen LogP contribution in [0, 0.1) is 6.92 Å². The second-order valence-corrected chi connectivity index (χ2v) is 10.1. The molecule has 1 atom stereocenters. The lowest BCUT2D eigenvalue weighted by Gasteiger charge is -2.18. The molecular weight excluding hydrogens is 504 g/mol. The predicted molar refractivity (Wildman–Crippen MR) is 154 cm³/mol. The Hall–Kier alpha value is -4.99. The minimum absolute atomic E-state index is 0.0144. The number of amides is 3. The molecule has 4 aromatic rings. The molecule has 2 aliphatic rings. The first kappa shape index (κ1) is 25.3. The van der Waals surface area contributed by atoms with Crippen LogP contribution in [0.5, 0.6) is 0 Å². The van der Waals surface area contributed by atoms with Crippen molar-refractivity contribution in [2.45, 2.75) is 32.2 Å². The first-order valence-corrected chi connectivity index (χ1v) is 13.4. The van der Waals surface area contributed by atoms with Crippen molar-refractivity contribution in [2.75, 3.05) is 29.0 Å². The summed E-state index contributed by atoms with van der Waals surface area (Å²) in [5.41, 5.74) is 6.01. The zero-order chi connectivity index (χ0) is 27.5. The third-order valence-corrected chi connectivity index (χ3v) is 7.15. The van der Waals surface area contributed by atoms with Crippen molar-refractivity contribution >= 4 is 40.8 Å². The van der Waals surface area contributed by atoms with Gasteiger partial charge < -0.3 is 26.2 Å². The van der Waals surface area contributed by atoms with Gasteiger partial charge in [0.25, 0.3) is 5.91 Å². The van der Waals surface area contributed by atoms with Gasteiger partial charge in [-0.25, -0.2) is 9.78 Å². The summed E-state index contributed by atoms with van der Waals surface area (Å²) < 4.78 is 0. The summed E-state index contributed by atoms with van der Waals surface area (Å²) >= 11 is 0. The molecule has 4 N–H and O–H groups in total. The number of likely N-dealkylation sites (tertiary alicyclic amines) is 1. The van der Waals surface area contributed by atoms with Gasteiger partial charge in [0, 0.05) is 54.0 Å². The van der Waals surface area contributed by atoms with E-state index >= 15 is 0 Å². The molecule has 10 nitrogen and oxygen atoms in total. The van der Waals surface area contributed by atoms with Gasteiger partial charge in [0.15, 0.2) is 0 Å². The Morgan fingerprint density at radius 3 is 2.73 bits per heavy atom. The number of hydrogen-bond acceptors (Lipinski definition) is 7. The number of rotatable bonds is 3. The van der Waals surface area contributed by atoms with Crippen LogP contribution in [0.25, 0.3) is 0 Å². The number of urea groups is 1. The molecule has 0 saturated carbocycles. The molecule has 0 aliphatic carbocycles. The van der Waals surface area contributed by atoms with Gasteiger partial charge in [-0.3, -0.25) is 9.78 Å². The highest BCUT2D eigenvalue weighted by molar-refractivity contribution is 5.94. The summed E-state index contributed by atoms with van der Waals surface area (Å²) in [7, 11) is 0. The summed E-state index contributed by atoms with van der Waals surface area (Å²) in [5.74, 6) is 1.16. The van der Waals surface area contributed by atoms with Crippen molar-refractivity contribution in [1.29, 1.82) is 0 Å². The predicted octanol–water partition coefficient (Wildman–Crippen LogP) is 4.80.